The molecular formula is C24H23NO. The SMILES string of the molecule is Cc1ccc(CNC2=C(c3ccccc3)Cc3cccc(O)c32)c(C)c1. The number of aryl methyl sites for hydroxylation is 2. The Morgan fingerprint density at radius 3 is 2.50 bits per heavy atom. The molecule has 0 spiro atoms. The van der Waals surface area contributed by atoms with Crippen LogP contribution in [0.15, 0.2) is 66.7 Å². The number of phenols is 1. The Kier molecular flexibility index (Phi) is 4.26. The van der Waals surface area contributed by atoms with Crippen LogP contribution in [0.3, 0.4) is 0 Å². The summed E-state index contributed by atoms with van der Waals surface area (Å²) in [6.07, 6.45) is 0.836. The van der Waals surface area contributed by atoms with Gasteiger partial charge in [0.05, 0.1) is 0 Å². The van der Waals surface area contributed by atoms with E-state index in [9.17, 15) is 5.11 Å². The van der Waals surface area contributed by atoms with Crippen LogP contribution in [0, 0.1) is 13.8 Å². The first-order valence-corrected chi connectivity index (χ1v) is 9.03. The smallest absolute Gasteiger partial charge is 0.125 e. The van der Waals surface area contributed by atoms with Crippen molar-refractivity contribution in [3.8, 4) is 5.75 Å². The van der Waals surface area contributed by atoms with Gasteiger partial charge in [-0.25, -0.2) is 0 Å². The fourth-order valence-electron chi connectivity index (χ4n) is 3.76. The number of benzene rings is 3. The fourth-order valence-corrected chi connectivity index (χ4v) is 3.76. The van der Waals surface area contributed by atoms with Gasteiger partial charge in [0.15, 0.2) is 0 Å². The number of aromatic hydroxyl groups is 1. The van der Waals surface area contributed by atoms with E-state index < -0.39 is 0 Å². The minimum absolute atomic E-state index is 0.344. The zero-order valence-corrected chi connectivity index (χ0v) is 15.2. The first kappa shape index (κ1) is 16.5. The summed E-state index contributed by atoms with van der Waals surface area (Å²) in [4.78, 5) is 0. The molecule has 0 aromatic heterocycles. The fraction of sp³-hybridized carbons (Fsp3) is 0.167. The Morgan fingerprint density at radius 2 is 1.73 bits per heavy atom. The number of nitrogens with one attached hydrogen (secondary N) is 1. The van der Waals surface area contributed by atoms with Crippen LogP contribution in [0.5, 0.6) is 5.75 Å². The van der Waals surface area contributed by atoms with Crippen molar-refractivity contribution in [1.29, 1.82) is 0 Å². The summed E-state index contributed by atoms with van der Waals surface area (Å²) in [5.74, 6) is 0.344. The van der Waals surface area contributed by atoms with E-state index in [4.69, 9.17) is 0 Å². The van der Waals surface area contributed by atoms with Gasteiger partial charge in [-0.3, -0.25) is 0 Å². The molecule has 0 fully saturated rings. The number of phenolic OH excluding ortho intramolecular Hbond substituents is 1. The Balaban J connectivity index is 1.74. The third-order valence-corrected chi connectivity index (χ3v) is 5.12. The maximum atomic E-state index is 10.5. The van der Waals surface area contributed by atoms with Gasteiger partial charge in [0.1, 0.15) is 5.75 Å². The van der Waals surface area contributed by atoms with Crippen molar-refractivity contribution in [2.45, 2.75) is 26.8 Å². The molecule has 2 nitrogen and oxygen atoms in total. The summed E-state index contributed by atoms with van der Waals surface area (Å²) < 4.78 is 0. The molecular weight excluding hydrogens is 318 g/mol. The molecule has 0 atom stereocenters. The molecule has 2 N–H and O–H groups in total. The van der Waals surface area contributed by atoms with Gasteiger partial charge in [-0.2, -0.15) is 0 Å². The van der Waals surface area contributed by atoms with E-state index >= 15 is 0 Å². The van der Waals surface area contributed by atoms with E-state index in [1.165, 1.54) is 33.4 Å². The van der Waals surface area contributed by atoms with E-state index in [0.29, 0.717) is 5.75 Å². The van der Waals surface area contributed by atoms with Gasteiger partial charge in [-0.05, 0) is 47.7 Å². The lowest BCUT2D eigenvalue weighted by molar-refractivity contribution is 0.472. The van der Waals surface area contributed by atoms with Crippen LogP contribution in [0.1, 0.15) is 33.4 Å². The van der Waals surface area contributed by atoms with Crippen LogP contribution in [-0.2, 0) is 13.0 Å². The maximum Gasteiger partial charge on any atom is 0.125 e. The van der Waals surface area contributed by atoms with Gasteiger partial charge >= 0.3 is 0 Å². The lowest BCUT2D eigenvalue weighted by Gasteiger charge is -2.15. The third kappa shape index (κ3) is 2.99. The molecule has 0 bridgehead atoms. The van der Waals surface area contributed by atoms with Crippen LogP contribution in [0.25, 0.3) is 11.3 Å². The summed E-state index contributed by atoms with van der Waals surface area (Å²) in [6, 6.07) is 22.8. The maximum absolute atomic E-state index is 10.5. The van der Waals surface area contributed by atoms with E-state index in [0.717, 1.165) is 24.2 Å². The standard InChI is InChI=1S/C24H23NO/c1-16-11-12-20(17(2)13-16)15-25-24-21(18-7-4-3-5-8-18)14-19-9-6-10-22(26)23(19)24/h3-13,25-26H,14-15H2,1-2H3. The second-order valence-corrected chi connectivity index (χ2v) is 6.99. The minimum Gasteiger partial charge on any atom is -0.507 e. The van der Waals surface area contributed by atoms with Gasteiger partial charge in [0, 0.05) is 24.2 Å². The van der Waals surface area contributed by atoms with Crippen molar-refractivity contribution in [2.75, 3.05) is 0 Å². The number of rotatable bonds is 4. The van der Waals surface area contributed by atoms with E-state index in [1.54, 1.807) is 6.07 Å². The topological polar surface area (TPSA) is 32.3 Å². The second-order valence-electron chi connectivity index (χ2n) is 6.99. The molecule has 0 aliphatic heterocycles. The zero-order valence-electron chi connectivity index (χ0n) is 15.2. The second kappa shape index (κ2) is 6.72. The lowest BCUT2D eigenvalue weighted by atomic mass is 10.0. The minimum atomic E-state index is 0.344. The predicted molar refractivity (Wildman–Crippen MR) is 108 cm³/mol. The summed E-state index contributed by atoms with van der Waals surface area (Å²) in [5.41, 5.74) is 9.44. The molecule has 26 heavy (non-hydrogen) atoms. The van der Waals surface area contributed by atoms with Gasteiger partial charge in [-0.15, -0.1) is 0 Å². The molecule has 4 rings (SSSR count). The normalized spacial score (nSPS) is 13.0. The van der Waals surface area contributed by atoms with Crippen LogP contribution >= 0.6 is 0 Å². The molecule has 1 aliphatic carbocycles. The van der Waals surface area contributed by atoms with Gasteiger partial charge in [-0.1, -0.05) is 66.2 Å². The predicted octanol–water partition coefficient (Wildman–Crippen LogP) is 5.22. The van der Waals surface area contributed by atoms with Gasteiger partial charge in [0.25, 0.3) is 0 Å². The molecule has 0 unspecified atom stereocenters. The first-order valence-electron chi connectivity index (χ1n) is 9.03. The Hall–Kier alpha value is -3.00. The monoisotopic (exact) mass is 341 g/mol. The molecule has 0 saturated carbocycles. The van der Waals surface area contributed by atoms with Crippen molar-refractivity contribution in [2.24, 2.45) is 0 Å². The van der Waals surface area contributed by atoms with Crippen molar-refractivity contribution in [3.63, 3.8) is 0 Å². The molecule has 3 aromatic rings. The quantitative estimate of drug-likeness (QED) is 0.681. The van der Waals surface area contributed by atoms with E-state index in [-0.39, 0.29) is 0 Å². The molecule has 0 radical (unpaired) electrons. The van der Waals surface area contributed by atoms with Crippen LogP contribution in [0.4, 0.5) is 0 Å². The summed E-state index contributed by atoms with van der Waals surface area (Å²) in [6.45, 7) is 5.01. The van der Waals surface area contributed by atoms with Crippen molar-refractivity contribution in [3.05, 3.63) is 100 Å². The van der Waals surface area contributed by atoms with Gasteiger partial charge < -0.3 is 10.4 Å². The zero-order chi connectivity index (χ0) is 18.1. The molecule has 3 aromatic carbocycles. The number of fused-ring (bicyclic) bond motifs is 1. The van der Waals surface area contributed by atoms with Gasteiger partial charge in [0.2, 0.25) is 0 Å². The molecule has 0 saturated heterocycles. The highest BCUT2D eigenvalue weighted by molar-refractivity contribution is 5.97. The third-order valence-electron chi connectivity index (χ3n) is 5.12. The van der Waals surface area contributed by atoms with Crippen molar-refractivity contribution in [1.82, 2.24) is 5.32 Å². The number of hydrogen-bond acceptors (Lipinski definition) is 2. The summed E-state index contributed by atoms with van der Waals surface area (Å²) >= 11 is 0. The van der Waals surface area contributed by atoms with Crippen molar-refractivity contribution < 1.29 is 5.11 Å². The van der Waals surface area contributed by atoms with Crippen LogP contribution < -0.4 is 5.32 Å². The largest absolute Gasteiger partial charge is 0.507 e. The highest BCUT2D eigenvalue weighted by atomic mass is 16.3. The molecule has 1 aliphatic rings. The summed E-state index contributed by atoms with van der Waals surface area (Å²) in [7, 11) is 0. The average Bonchev–Trinajstić information content (AvgIpc) is 3.02. The highest BCUT2D eigenvalue weighted by Crippen LogP contribution is 2.41. The molecule has 2 heteroatoms. The Morgan fingerprint density at radius 1 is 0.923 bits per heavy atom. The first-order chi connectivity index (χ1) is 12.6. The van der Waals surface area contributed by atoms with E-state index in [1.807, 2.05) is 12.1 Å². The highest BCUT2D eigenvalue weighted by Gasteiger charge is 2.25. The Labute approximate surface area is 154 Å². The number of allylic oxidation sites excluding steroid dienone is 1. The average molecular weight is 341 g/mol. The van der Waals surface area contributed by atoms with Crippen LogP contribution in [-0.4, -0.2) is 5.11 Å². The molecule has 0 heterocycles. The van der Waals surface area contributed by atoms with Crippen LogP contribution in [0.2, 0.25) is 0 Å². The Bertz CT molecular complexity index is 986. The molecule has 130 valence electrons. The van der Waals surface area contributed by atoms with E-state index in [2.05, 4.69) is 67.7 Å². The van der Waals surface area contributed by atoms with Crippen molar-refractivity contribution >= 4 is 11.3 Å². The molecule has 0 amide bonds. The number of hydrogen-bond donors (Lipinski definition) is 2. The summed E-state index contributed by atoms with van der Waals surface area (Å²) in [5, 5.41) is 14.1. The lowest BCUT2D eigenvalue weighted by Crippen LogP contribution is -2.13.